The van der Waals surface area contributed by atoms with Crippen molar-refractivity contribution >= 4 is 17.2 Å². The Morgan fingerprint density at radius 3 is 2.06 bits per heavy atom. The number of nitrogens with one attached hydrogen (secondary N) is 1. The fourth-order valence-corrected chi connectivity index (χ4v) is 6.74. The monoisotopic (exact) mass is 697 g/mol. The molecule has 5 aromatic carbocycles. The Morgan fingerprint density at radius 1 is 0.725 bits per heavy atom. The van der Waals surface area contributed by atoms with E-state index in [1.54, 1.807) is 14.2 Å². The summed E-state index contributed by atoms with van der Waals surface area (Å²) < 4.78 is 17.0. The summed E-state index contributed by atoms with van der Waals surface area (Å²) in [6, 6.07) is 44.6. The Balaban J connectivity index is 1.15. The zero-order valence-electron chi connectivity index (χ0n) is 29.0. The Hall–Kier alpha value is -5.44. The molecular formula is C43H43N3O4S. The number of rotatable bonds is 17. The molecule has 1 amide bonds. The van der Waals surface area contributed by atoms with Crippen molar-refractivity contribution in [1.29, 1.82) is 0 Å². The van der Waals surface area contributed by atoms with Crippen LogP contribution in [0.5, 0.6) is 17.2 Å². The van der Waals surface area contributed by atoms with E-state index in [1.165, 1.54) is 11.3 Å². The average Bonchev–Trinajstić information content (AvgIpc) is 3.66. The molecule has 0 aliphatic carbocycles. The molecule has 0 bridgehead atoms. The van der Waals surface area contributed by atoms with Crippen LogP contribution in [0.1, 0.15) is 49.4 Å². The van der Waals surface area contributed by atoms with Gasteiger partial charge in [-0.3, -0.25) is 9.69 Å². The lowest BCUT2D eigenvalue weighted by atomic mass is 9.99. The van der Waals surface area contributed by atoms with E-state index in [9.17, 15) is 4.79 Å². The van der Waals surface area contributed by atoms with Crippen LogP contribution in [0.2, 0.25) is 0 Å². The minimum atomic E-state index is -0.177. The summed E-state index contributed by atoms with van der Waals surface area (Å²) in [5, 5.41) is 6.00. The van der Waals surface area contributed by atoms with Gasteiger partial charge in [0, 0.05) is 18.5 Å². The van der Waals surface area contributed by atoms with Crippen LogP contribution in [0.4, 0.5) is 0 Å². The molecule has 8 heteroatoms. The lowest BCUT2D eigenvalue weighted by Gasteiger charge is -2.22. The number of methoxy groups -OCH3 is 2. The minimum absolute atomic E-state index is 0.176. The predicted molar refractivity (Wildman–Crippen MR) is 203 cm³/mol. The van der Waals surface area contributed by atoms with Crippen LogP contribution < -0.4 is 19.5 Å². The minimum Gasteiger partial charge on any atom is -0.493 e. The van der Waals surface area contributed by atoms with Gasteiger partial charge in [-0.05, 0) is 64.9 Å². The number of carbonyl (C=O) groups excluding carboxylic acids is 1. The molecule has 0 saturated heterocycles. The van der Waals surface area contributed by atoms with E-state index >= 15 is 0 Å². The number of benzene rings is 5. The summed E-state index contributed by atoms with van der Waals surface area (Å²) in [5.74, 6) is 2.07. The summed E-state index contributed by atoms with van der Waals surface area (Å²) >= 11 is 1.51. The molecule has 0 spiro atoms. The largest absolute Gasteiger partial charge is 0.493 e. The normalized spacial score (nSPS) is 11.6. The highest BCUT2D eigenvalue weighted by Crippen LogP contribution is 2.28. The maximum absolute atomic E-state index is 13.6. The van der Waals surface area contributed by atoms with Crippen LogP contribution in [0, 0.1) is 0 Å². The highest BCUT2D eigenvalue weighted by Gasteiger charge is 2.20. The van der Waals surface area contributed by atoms with E-state index in [-0.39, 0.29) is 11.9 Å². The van der Waals surface area contributed by atoms with Gasteiger partial charge in [-0.2, -0.15) is 0 Å². The highest BCUT2D eigenvalue weighted by atomic mass is 32.1. The van der Waals surface area contributed by atoms with Crippen LogP contribution >= 0.6 is 11.3 Å². The molecule has 6 aromatic rings. The van der Waals surface area contributed by atoms with Gasteiger partial charge in [0.25, 0.3) is 5.91 Å². The fraction of sp³-hybridized carbons (Fsp3) is 0.209. The molecule has 0 aliphatic heterocycles. The summed E-state index contributed by atoms with van der Waals surface area (Å²) in [6.07, 6.45) is 1.49. The van der Waals surface area contributed by atoms with E-state index in [2.05, 4.69) is 64.8 Å². The number of hydrogen-bond acceptors (Lipinski definition) is 7. The summed E-state index contributed by atoms with van der Waals surface area (Å²) in [7, 11) is 3.30. The maximum atomic E-state index is 13.6. The SMILES string of the molecule is COc1ccc(CCN(Cc2ccc(OCc3ccccc3)cc2)Cc2nc(C(=O)N[C@@H](Cc3ccccc3)c3ccccc3)cs2)cc1OC. The molecule has 0 unspecified atom stereocenters. The maximum Gasteiger partial charge on any atom is 0.271 e. The molecule has 0 aliphatic rings. The molecule has 0 radical (unpaired) electrons. The summed E-state index contributed by atoms with van der Waals surface area (Å²) in [5.41, 5.74) is 6.09. The standard InChI is InChI=1S/C43H43N3O4S/c1-48-40-23-20-33(27-41(40)49-2)24-25-46(28-34-18-21-37(22-19-34)50-30-35-14-8-4-9-15-35)29-42-44-39(31-51-42)43(47)45-38(36-16-10-5-11-17-36)26-32-12-6-3-7-13-32/h3-23,27,31,38H,24-26,28-30H2,1-2H3,(H,45,47)/t38-/m0/s1. The van der Waals surface area contributed by atoms with E-state index in [0.29, 0.717) is 43.3 Å². The third-order valence-corrected chi connectivity index (χ3v) is 9.51. The first-order chi connectivity index (χ1) is 25.1. The molecule has 6 rings (SSSR count). The zero-order valence-corrected chi connectivity index (χ0v) is 29.9. The lowest BCUT2D eigenvalue weighted by molar-refractivity contribution is 0.0931. The first-order valence-corrected chi connectivity index (χ1v) is 18.0. The smallest absolute Gasteiger partial charge is 0.271 e. The van der Waals surface area contributed by atoms with Crippen molar-refractivity contribution in [2.45, 2.75) is 38.6 Å². The van der Waals surface area contributed by atoms with Crippen molar-refractivity contribution in [2.75, 3.05) is 20.8 Å². The molecule has 7 nitrogen and oxygen atoms in total. The first kappa shape index (κ1) is 35.4. The van der Waals surface area contributed by atoms with Gasteiger partial charge >= 0.3 is 0 Å². The molecule has 0 saturated carbocycles. The van der Waals surface area contributed by atoms with Crippen LogP contribution in [0.15, 0.2) is 139 Å². The van der Waals surface area contributed by atoms with E-state index in [0.717, 1.165) is 51.5 Å². The van der Waals surface area contributed by atoms with Crippen molar-refractivity contribution in [3.05, 3.63) is 177 Å². The molecule has 1 N–H and O–H groups in total. The number of thiazole rings is 1. The van der Waals surface area contributed by atoms with Crippen LogP contribution in [-0.4, -0.2) is 36.6 Å². The number of carbonyl (C=O) groups is 1. The van der Waals surface area contributed by atoms with Crippen molar-refractivity contribution in [3.63, 3.8) is 0 Å². The van der Waals surface area contributed by atoms with Gasteiger partial charge in [0.1, 0.15) is 23.1 Å². The molecule has 1 atom stereocenters. The highest BCUT2D eigenvalue weighted by molar-refractivity contribution is 7.09. The second-order valence-electron chi connectivity index (χ2n) is 12.3. The number of hydrogen-bond donors (Lipinski definition) is 1. The Kier molecular flexibility index (Phi) is 12.5. The van der Waals surface area contributed by atoms with Crippen molar-refractivity contribution < 1.29 is 19.0 Å². The number of ether oxygens (including phenoxy) is 3. The molecule has 260 valence electrons. The molecule has 51 heavy (non-hydrogen) atoms. The lowest BCUT2D eigenvalue weighted by Crippen LogP contribution is -2.30. The average molecular weight is 698 g/mol. The van der Waals surface area contributed by atoms with Gasteiger partial charge in [0.2, 0.25) is 0 Å². The Labute approximate surface area is 304 Å². The fourth-order valence-electron chi connectivity index (χ4n) is 5.93. The van der Waals surface area contributed by atoms with E-state index in [1.807, 2.05) is 84.2 Å². The number of nitrogens with zero attached hydrogens (tertiary/aromatic N) is 2. The zero-order chi connectivity index (χ0) is 35.3. The summed E-state index contributed by atoms with van der Waals surface area (Å²) in [4.78, 5) is 20.8. The van der Waals surface area contributed by atoms with Gasteiger partial charge < -0.3 is 19.5 Å². The molecule has 1 aromatic heterocycles. The van der Waals surface area contributed by atoms with Crippen LogP contribution in [0.25, 0.3) is 0 Å². The van der Waals surface area contributed by atoms with Gasteiger partial charge in [-0.1, -0.05) is 109 Å². The Bertz CT molecular complexity index is 1950. The second kappa shape index (κ2) is 18.0. The number of amides is 1. The summed E-state index contributed by atoms with van der Waals surface area (Å²) in [6.45, 7) is 2.61. The van der Waals surface area contributed by atoms with Crippen LogP contribution in [-0.2, 0) is 32.5 Å². The van der Waals surface area contributed by atoms with Gasteiger partial charge in [0.15, 0.2) is 11.5 Å². The quantitative estimate of drug-likeness (QED) is 0.103. The Morgan fingerprint density at radius 2 is 1.37 bits per heavy atom. The third kappa shape index (κ3) is 10.3. The third-order valence-electron chi connectivity index (χ3n) is 8.68. The molecule has 1 heterocycles. The van der Waals surface area contributed by atoms with E-state index in [4.69, 9.17) is 19.2 Å². The van der Waals surface area contributed by atoms with Gasteiger partial charge in [0.05, 0.1) is 26.8 Å². The van der Waals surface area contributed by atoms with Crippen LogP contribution in [0.3, 0.4) is 0 Å². The molecular weight excluding hydrogens is 655 g/mol. The molecule has 0 fully saturated rings. The van der Waals surface area contributed by atoms with Gasteiger partial charge in [-0.15, -0.1) is 11.3 Å². The van der Waals surface area contributed by atoms with Crippen molar-refractivity contribution in [3.8, 4) is 17.2 Å². The van der Waals surface area contributed by atoms with E-state index < -0.39 is 0 Å². The van der Waals surface area contributed by atoms with Crippen molar-refractivity contribution in [1.82, 2.24) is 15.2 Å². The predicted octanol–water partition coefficient (Wildman–Crippen LogP) is 8.70. The second-order valence-corrected chi connectivity index (χ2v) is 13.3. The van der Waals surface area contributed by atoms with Gasteiger partial charge in [-0.25, -0.2) is 4.98 Å². The van der Waals surface area contributed by atoms with Crippen molar-refractivity contribution in [2.24, 2.45) is 0 Å². The first-order valence-electron chi connectivity index (χ1n) is 17.1. The topological polar surface area (TPSA) is 72.9 Å². The number of aromatic nitrogens is 1.